The van der Waals surface area contributed by atoms with Crippen molar-refractivity contribution in [2.45, 2.75) is 18.9 Å². The number of hydrogen-bond donors (Lipinski definition) is 0. The van der Waals surface area contributed by atoms with E-state index < -0.39 is 21.2 Å². The van der Waals surface area contributed by atoms with Crippen LogP contribution >= 0.6 is 15.9 Å². The number of carbonyl (C=O) groups excluding carboxylic acids is 1. The molecule has 0 aliphatic heterocycles. The van der Waals surface area contributed by atoms with Gasteiger partial charge in [-0.05, 0) is 28.1 Å². The minimum Gasteiger partial charge on any atom is -0.443 e. The molecule has 0 fully saturated rings. The van der Waals surface area contributed by atoms with Crippen LogP contribution in [-0.4, -0.2) is 20.1 Å². The first-order valence-electron chi connectivity index (χ1n) is 5.93. The van der Waals surface area contributed by atoms with Crippen LogP contribution in [0.2, 0.25) is 0 Å². The lowest BCUT2D eigenvalue weighted by Gasteiger charge is -2.07. The molecule has 1 aromatic carbocycles. The van der Waals surface area contributed by atoms with Gasteiger partial charge in [0.05, 0.1) is 15.6 Å². The van der Waals surface area contributed by atoms with Crippen molar-refractivity contribution in [3.63, 3.8) is 0 Å². The van der Waals surface area contributed by atoms with E-state index in [1.54, 1.807) is 0 Å². The predicted molar refractivity (Wildman–Crippen MR) is 79.2 cm³/mol. The van der Waals surface area contributed by atoms with Gasteiger partial charge in [-0.3, -0.25) is 9.59 Å². The molecule has 0 bridgehead atoms. The topological polar surface area (TPSA) is 90.6 Å². The zero-order chi connectivity index (χ0) is 15.8. The van der Waals surface area contributed by atoms with Gasteiger partial charge in [-0.2, -0.15) is 0 Å². The number of hydrogen-bond acceptors (Lipinski definition) is 6. The molecule has 0 N–H and O–H groups in total. The van der Waals surface area contributed by atoms with Crippen LogP contribution in [0.1, 0.15) is 13.8 Å². The highest BCUT2D eigenvalue weighted by atomic mass is 79.9. The van der Waals surface area contributed by atoms with E-state index in [0.717, 1.165) is 6.07 Å². The molecule has 1 heterocycles. The Kier molecular flexibility index (Phi) is 4.20. The van der Waals surface area contributed by atoms with E-state index in [0.29, 0.717) is 4.47 Å². The van der Waals surface area contributed by atoms with Crippen LogP contribution in [0.4, 0.5) is 0 Å². The molecule has 1 aromatic heterocycles. The second kappa shape index (κ2) is 5.61. The van der Waals surface area contributed by atoms with E-state index in [4.69, 9.17) is 9.15 Å². The zero-order valence-corrected chi connectivity index (χ0v) is 13.6. The molecule has 2 aromatic rings. The summed E-state index contributed by atoms with van der Waals surface area (Å²) in [6, 6.07) is 3.68. The van der Waals surface area contributed by atoms with Gasteiger partial charge < -0.3 is 9.15 Å². The van der Waals surface area contributed by atoms with E-state index in [1.165, 1.54) is 26.0 Å². The molecule has 21 heavy (non-hydrogen) atoms. The number of benzene rings is 1. The van der Waals surface area contributed by atoms with Crippen molar-refractivity contribution in [2.75, 3.05) is 5.75 Å². The van der Waals surface area contributed by atoms with Gasteiger partial charge in [0.1, 0.15) is 5.75 Å². The summed E-state index contributed by atoms with van der Waals surface area (Å²) in [6.45, 7) is 2.69. The number of ether oxygens (including phenoxy) is 1. The second-order valence-electron chi connectivity index (χ2n) is 4.21. The summed E-state index contributed by atoms with van der Waals surface area (Å²) < 4.78 is 34.2. The molecule has 6 nitrogen and oxygen atoms in total. The van der Waals surface area contributed by atoms with Crippen molar-refractivity contribution in [3.8, 4) is 5.75 Å². The van der Waals surface area contributed by atoms with E-state index in [-0.39, 0.29) is 27.6 Å². The Bertz CT molecular complexity index is 881. The number of fused-ring (bicyclic) bond motifs is 1. The van der Waals surface area contributed by atoms with E-state index >= 15 is 0 Å². The number of carbonyl (C=O) groups is 1. The first-order chi connectivity index (χ1) is 9.74. The standard InChI is InChI=1S/C13H11BrO6S/c1-3-21(17,18)12-6-11(16)9-4-8(19-7(2)15)5-10(14)13(9)20-12/h4-6H,3H2,1-2H3. The van der Waals surface area contributed by atoms with Gasteiger partial charge in [-0.25, -0.2) is 8.42 Å². The van der Waals surface area contributed by atoms with Crippen LogP contribution in [-0.2, 0) is 14.6 Å². The molecule has 0 saturated carbocycles. The van der Waals surface area contributed by atoms with Crippen molar-refractivity contribution in [2.24, 2.45) is 0 Å². The summed E-state index contributed by atoms with van der Waals surface area (Å²) in [5.41, 5.74) is -0.441. The average molecular weight is 375 g/mol. The quantitative estimate of drug-likeness (QED) is 0.604. The van der Waals surface area contributed by atoms with E-state index in [9.17, 15) is 18.0 Å². The maximum absolute atomic E-state index is 12.1. The molecule has 0 radical (unpaired) electrons. The zero-order valence-electron chi connectivity index (χ0n) is 11.2. The second-order valence-corrected chi connectivity index (χ2v) is 7.27. The maximum atomic E-state index is 12.1. The highest BCUT2D eigenvalue weighted by Crippen LogP contribution is 2.29. The van der Waals surface area contributed by atoms with Gasteiger partial charge in [0.15, 0.2) is 11.0 Å². The largest absolute Gasteiger partial charge is 0.443 e. The first kappa shape index (κ1) is 15.7. The highest BCUT2D eigenvalue weighted by molar-refractivity contribution is 9.10. The maximum Gasteiger partial charge on any atom is 0.308 e. The van der Waals surface area contributed by atoms with Crippen molar-refractivity contribution in [1.29, 1.82) is 0 Å². The van der Waals surface area contributed by atoms with Crippen molar-refractivity contribution in [1.82, 2.24) is 0 Å². The summed E-state index contributed by atoms with van der Waals surface area (Å²) in [4.78, 5) is 23.0. The van der Waals surface area contributed by atoms with Crippen molar-refractivity contribution >= 4 is 42.7 Å². The smallest absolute Gasteiger partial charge is 0.308 e. The first-order valence-corrected chi connectivity index (χ1v) is 8.37. The van der Waals surface area contributed by atoms with Gasteiger partial charge in [-0.15, -0.1) is 0 Å². The van der Waals surface area contributed by atoms with Gasteiger partial charge in [0, 0.05) is 13.0 Å². The number of esters is 1. The van der Waals surface area contributed by atoms with Gasteiger partial charge in [-0.1, -0.05) is 6.92 Å². The fraction of sp³-hybridized carbons (Fsp3) is 0.231. The summed E-state index contributed by atoms with van der Waals surface area (Å²) in [7, 11) is -3.63. The number of sulfone groups is 1. The van der Waals surface area contributed by atoms with E-state index in [1.807, 2.05) is 0 Å². The van der Waals surface area contributed by atoms with Gasteiger partial charge in [0.2, 0.25) is 14.9 Å². The summed E-state index contributed by atoms with van der Waals surface area (Å²) in [5, 5.41) is -0.265. The van der Waals surface area contributed by atoms with Crippen molar-refractivity contribution in [3.05, 3.63) is 32.9 Å². The predicted octanol–water partition coefficient (Wildman–Crippen LogP) is 2.27. The minimum absolute atomic E-state index is 0.0884. The molecular formula is C13H11BrO6S. The number of halogens is 1. The fourth-order valence-electron chi connectivity index (χ4n) is 1.69. The Balaban J connectivity index is 2.75. The Hall–Kier alpha value is -1.67. The summed E-state index contributed by atoms with van der Waals surface area (Å²) in [6.07, 6.45) is 0. The van der Waals surface area contributed by atoms with Crippen LogP contribution in [0.5, 0.6) is 5.75 Å². The average Bonchev–Trinajstić information content (AvgIpc) is 2.39. The monoisotopic (exact) mass is 374 g/mol. The molecule has 0 aliphatic rings. The third-order valence-electron chi connectivity index (χ3n) is 2.68. The van der Waals surface area contributed by atoms with Crippen LogP contribution in [0, 0.1) is 0 Å². The summed E-state index contributed by atoms with van der Waals surface area (Å²) >= 11 is 3.18. The minimum atomic E-state index is -3.63. The van der Waals surface area contributed by atoms with Gasteiger partial charge >= 0.3 is 5.97 Å². The molecule has 0 amide bonds. The molecular weight excluding hydrogens is 364 g/mol. The summed E-state index contributed by atoms with van der Waals surface area (Å²) in [5.74, 6) is -0.541. The van der Waals surface area contributed by atoms with Crippen LogP contribution in [0.15, 0.2) is 37.0 Å². The van der Waals surface area contributed by atoms with Crippen LogP contribution < -0.4 is 10.2 Å². The van der Waals surface area contributed by atoms with Crippen molar-refractivity contribution < 1.29 is 22.4 Å². The van der Waals surface area contributed by atoms with Gasteiger partial charge in [0.25, 0.3) is 0 Å². The normalized spacial score (nSPS) is 11.6. The molecule has 0 aliphatic carbocycles. The Labute approximate surface area is 128 Å². The third-order valence-corrected chi connectivity index (χ3v) is 4.85. The lowest BCUT2D eigenvalue weighted by atomic mass is 10.2. The Morgan fingerprint density at radius 1 is 1.33 bits per heavy atom. The molecule has 8 heteroatoms. The number of rotatable bonds is 3. The Morgan fingerprint density at radius 3 is 2.57 bits per heavy atom. The SMILES string of the molecule is CCS(=O)(=O)c1cc(=O)c2cc(OC(C)=O)cc(Br)c2o1. The fourth-order valence-corrected chi connectivity index (χ4v) is 2.99. The molecule has 0 spiro atoms. The molecule has 0 atom stereocenters. The lowest BCUT2D eigenvalue weighted by Crippen LogP contribution is -2.10. The molecule has 2 rings (SSSR count). The molecule has 0 unspecified atom stereocenters. The van der Waals surface area contributed by atoms with Crippen LogP contribution in [0.25, 0.3) is 11.0 Å². The third kappa shape index (κ3) is 3.16. The van der Waals surface area contributed by atoms with E-state index in [2.05, 4.69) is 15.9 Å². The van der Waals surface area contributed by atoms with Crippen LogP contribution in [0.3, 0.4) is 0 Å². The Morgan fingerprint density at radius 2 is 2.00 bits per heavy atom. The molecule has 112 valence electrons. The highest BCUT2D eigenvalue weighted by Gasteiger charge is 2.19. The molecule has 0 saturated heterocycles. The lowest BCUT2D eigenvalue weighted by molar-refractivity contribution is -0.131.